The molecule has 2 rings (SSSR count). The Morgan fingerprint density at radius 1 is 1.41 bits per heavy atom. The molecule has 0 radical (unpaired) electrons. The molecule has 2 heterocycles. The van der Waals surface area contributed by atoms with Crippen LogP contribution in [0.2, 0.25) is 0 Å². The lowest BCUT2D eigenvalue weighted by atomic mass is 10.2. The number of aliphatic carboxylic acids is 1. The lowest BCUT2D eigenvalue weighted by molar-refractivity contribution is -0.131. The smallest absolute Gasteiger partial charge is 0.328 e. The summed E-state index contributed by atoms with van der Waals surface area (Å²) in [5, 5.41) is 12.6. The fourth-order valence-corrected chi connectivity index (χ4v) is 1.61. The van der Waals surface area contributed by atoms with Gasteiger partial charge in [0.1, 0.15) is 0 Å². The van der Waals surface area contributed by atoms with Gasteiger partial charge in [-0.25, -0.2) is 14.5 Å². The molecule has 0 bridgehead atoms. The number of carboxylic acids is 1. The van der Waals surface area contributed by atoms with Gasteiger partial charge in [-0.15, -0.1) is 0 Å². The molecule has 0 atom stereocenters. The Labute approximate surface area is 111 Å². The Kier molecular flexibility index (Phi) is 3.52. The topological polar surface area (TPSA) is 68.0 Å². The number of aromatic nitrogens is 3. The first-order valence-corrected chi connectivity index (χ1v) is 5.80. The van der Waals surface area contributed by atoms with Crippen molar-refractivity contribution in [2.75, 3.05) is 0 Å². The fourth-order valence-electron chi connectivity index (χ4n) is 1.23. The van der Waals surface area contributed by atoms with E-state index in [2.05, 4.69) is 32.7 Å². The van der Waals surface area contributed by atoms with Crippen LogP contribution in [0.3, 0.4) is 0 Å². The summed E-state index contributed by atoms with van der Waals surface area (Å²) in [6.07, 6.45) is 7.76. The van der Waals surface area contributed by atoms with Crippen LogP contribution in [0.15, 0.2) is 36.8 Å². The van der Waals surface area contributed by atoms with Crippen molar-refractivity contribution < 1.29 is 9.90 Å². The van der Waals surface area contributed by atoms with Gasteiger partial charge in [0.25, 0.3) is 0 Å². The molecule has 0 fully saturated rings. The number of halogens is 1. The molecule has 0 saturated carbocycles. The van der Waals surface area contributed by atoms with Crippen LogP contribution < -0.4 is 0 Å². The minimum atomic E-state index is -0.976. The molecule has 0 aromatic carbocycles. The highest BCUT2D eigenvalue weighted by Gasteiger charge is 1.99. The van der Waals surface area contributed by atoms with Gasteiger partial charge in [-0.3, -0.25) is 0 Å². The third kappa shape index (κ3) is 3.13. The zero-order chi connectivity index (χ0) is 12.3. The van der Waals surface area contributed by atoms with Crippen molar-refractivity contribution in [3.8, 4) is 5.82 Å². The van der Waals surface area contributed by atoms with E-state index in [1.54, 1.807) is 29.2 Å². The molecule has 2 aromatic heterocycles. The Morgan fingerprint density at radius 3 is 2.76 bits per heavy atom. The van der Waals surface area contributed by atoms with Crippen LogP contribution in [0.5, 0.6) is 0 Å². The molecule has 0 unspecified atom stereocenters. The number of hydrogen-bond acceptors (Lipinski definition) is 3. The fraction of sp³-hybridized carbons (Fsp3) is 0. The second-order valence-corrected chi connectivity index (χ2v) is 4.47. The maximum atomic E-state index is 10.3. The summed E-state index contributed by atoms with van der Waals surface area (Å²) in [5.41, 5.74) is 0.734. The number of nitrogens with zero attached hydrogens (tertiary/aromatic N) is 3. The Balaban J connectivity index is 2.21. The molecule has 1 N–H and O–H groups in total. The van der Waals surface area contributed by atoms with Crippen molar-refractivity contribution >= 4 is 34.6 Å². The van der Waals surface area contributed by atoms with Gasteiger partial charge in [0.15, 0.2) is 5.82 Å². The monoisotopic (exact) mass is 341 g/mol. The molecule has 2 aromatic rings. The van der Waals surface area contributed by atoms with Crippen LogP contribution in [-0.2, 0) is 4.79 Å². The minimum absolute atomic E-state index is 0.695. The first-order chi connectivity index (χ1) is 8.15. The van der Waals surface area contributed by atoms with E-state index >= 15 is 0 Å². The average molecular weight is 341 g/mol. The van der Waals surface area contributed by atoms with Gasteiger partial charge in [0.05, 0.1) is 9.77 Å². The van der Waals surface area contributed by atoms with Crippen molar-refractivity contribution in [1.29, 1.82) is 0 Å². The average Bonchev–Trinajstić information content (AvgIpc) is 2.74. The van der Waals surface area contributed by atoms with E-state index < -0.39 is 5.97 Å². The SMILES string of the molecule is O=C(O)/C=C/c1ccc(-n2cc(I)cn2)nc1. The maximum Gasteiger partial charge on any atom is 0.328 e. The van der Waals surface area contributed by atoms with Gasteiger partial charge in [-0.2, -0.15) is 5.10 Å². The molecular weight excluding hydrogens is 333 g/mol. The summed E-state index contributed by atoms with van der Waals surface area (Å²) in [6.45, 7) is 0. The van der Waals surface area contributed by atoms with Crippen LogP contribution in [0.1, 0.15) is 5.56 Å². The largest absolute Gasteiger partial charge is 0.478 e. The number of rotatable bonds is 3. The standard InChI is InChI=1S/C11H8IN3O2/c12-9-6-14-15(7-9)10-3-1-8(5-13-10)2-4-11(16)17/h1-7H,(H,16,17)/b4-2+. The number of carbonyl (C=O) groups is 1. The van der Waals surface area contributed by atoms with E-state index in [-0.39, 0.29) is 0 Å². The molecule has 0 amide bonds. The predicted octanol–water partition coefficient (Wildman–Crippen LogP) is 1.97. The predicted molar refractivity (Wildman–Crippen MR) is 70.7 cm³/mol. The highest BCUT2D eigenvalue weighted by atomic mass is 127. The van der Waals surface area contributed by atoms with Gasteiger partial charge in [0.2, 0.25) is 0 Å². The highest BCUT2D eigenvalue weighted by Crippen LogP contribution is 2.09. The Hall–Kier alpha value is -1.70. The first-order valence-electron chi connectivity index (χ1n) is 4.73. The maximum absolute atomic E-state index is 10.3. The van der Waals surface area contributed by atoms with Gasteiger partial charge in [-0.05, 0) is 46.4 Å². The minimum Gasteiger partial charge on any atom is -0.478 e. The summed E-state index contributed by atoms with van der Waals surface area (Å²) in [4.78, 5) is 14.5. The van der Waals surface area contributed by atoms with Crippen LogP contribution in [0.25, 0.3) is 11.9 Å². The van der Waals surface area contributed by atoms with Crippen molar-refractivity contribution in [1.82, 2.24) is 14.8 Å². The summed E-state index contributed by atoms with van der Waals surface area (Å²) in [5.74, 6) is -0.281. The van der Waals surface area contributed by atoms with E-state index in [4.69, 9.17) is 5.11 Å². The third-order valence-corrected chi connectivity index (χ3v) is 2.53. The molecular formula is C11H8IN3O2. The van der Waals surface area contributed by atoms with Crippen molar-refractivity contribution in [3.63, 3.8) is 0 Å². The molecule has 0 spiro atoms. The van der Waals surface area contributed by atoms with E-state index in [1.165, 1.54) is 6.08 Å². The second kappa shape index (κ2) is 5.09. The van der Waals surface area contributed by atoms with Crippen LogP contribution in [0, 0.1) is 3.57 Å². The lowest BCUT2D eigenvalue weighted by Gasteiger charge is -1.99. The molecule has 0 saturated heterocycles. The Morgan fingerprint density at radius 2 is 2.24 bits per heavy atom. The van der Waals surface area contributed by atoms with Gasteiger partial charge in [-0.1, -0.05) is 0 Å². The van der Waals surface area contributed by atoms with Crippen molar-refractivity contribution in [3.05, 3.63) is 45.9 Å². The van der Waals surface area contributed by atoms with Crippen molar-refractivity contribution in [2.24, 2.45) is 0 Å². The van der Waals surface area contributed by atoms with Crippen LogP contribution in [-0.4, -0.2) is 25.8 Å². The quantitative estimate of drug-likeness (QED) is 0.685. The molecule has 5 nitrogen and oxygen atoms in total. The summed E-state index contributed by atoms with van der Waals surface area (Å²) < 4.78 is 2.69. The van der Waals surface area contributed by atoms with E-state index in [0.717, 1.165) is 15.2 Å². The zero-order valence-electron chi connectivity index (χ0n) is 8.62. The Bertz CT molecular complexity index is 560. The molecule has 0 aliphatic carbocycles. The number of hydrogen-bond donors (Lipinski definition) is 1. The van der Waals surface area contributed by atoms with E-state index in [9.17, 15) is 4.79 Å². The summed E-state index contributed by atoms with van der Waals surface area (Å²) in [6, 6.07) is 3.57. The number of pyridine rings is 1. The molecule has 0 aliphatic rings. The second-order valence-electron chi connectivity index (χ2n) is 3.22. The van der Waals surface area contributed by atoms with Crippen LogP contribution in [0.4, 0.5) is 0 Å². The highest BCUT2D eigenvalue weighted by molar-refractivity contribution is 14.1. The van der Waals surface area contributed by atoms with Gasteiger partial charge >= 0.3 is 5.97 Å². The van der Waals surface area contributed by atoms with E-state index in [1.807, 2.05) is 6.20 Å². The number of carboxylic acid groups (broad SMARTS) is 1. The summed E-state index contributed by atoms with van der Waals surface area (Å²) in [7, 11) is 0. The zero-order valence-corrected chi connectivity index (χ0v) is 10.8. The van der Waals surface area contributed by atoms with Gasteiger partial charge in [0, 0.05) is 18.5 Å². The van der Waals surface area contributed by atoms with Crippen LogP contribution >= 0.6 is 22.6 Å². The molecule has 6 heteroatoms. The first kappa shape index (κ1) is 11.8. The normalized spacial score (nSPS) is 10.9. The lowest BCUT2D eigenvalue weighted by Crippen LogP contribution is -1.97. The summed E-state index contributed by atoms with van der Waals surface area (Å²) >= 11 is 2.17. The van der Waals surface area contributed by atoms with E-state index in [0.29, 0.717) is 5.82 Å². The third-order valence-electron chi connectivity index (χ3n) is 1.97. The molecule has 17 heavy (non-hydrogen) atoms. The van der Waals surface area contributed by atoms with Crippen molar-refractivity contribution in [2.45, 2.75) is 0 Å². The molecule has 86 valence electrons. The van der Waals surface area contributed by atoms with Gasteiger partial charge < -0.3 is 5.11 Å². The molecule has 0 aliphatic heterocycles.